The summed E-state index contributed by atoms with van der Waals surface area (Å²) in [4.78, 5) is 5.07. The minimum atomic E-state index is -0.108. The first-order chi connectivity index (χ1) is 27.1. The molecule has 2 unspecified atom stereocenters. The second-order valence-corrected chi connectivity index (χ2v) is 15.8. The molecule has 0 amide bonds. The summed E-state index contributed by atoms with van der Waals surface area (Å²) < 4.78 is 2.58. The SMILES string of the molecule is CC12CC(c3ccc4c(c3)c3ccc(-c5ccccc5)cc3n4[C@@H]3[C@@H](c4ccccc4)N3c3ccccc3N)=CC=C1N(c1ccccc1)C21C=CC=CC1. The van der Waals surface area contributed by atoms with Gasteiger partial charge in [0.25, 0.3) is 0 Å². The van der Waals surface area contributed by atoms with Crippen LogP contribution in [0, 0.1) is 5.41 Å². The summed E-state index contributed by atoms with van der Waals surface area (Å²) in [5.41, 5.74) is 20.0. The second kappa shape index (κ2) is 12.0. The molecule has 6 aromatic carbocycles. The van der Waals surface area contributed by atoms with E-state index in [0.717, 1.165) is 24.2 Å². The number of anilines is 3. The smallest absolute Gasteiger partial charge is 0.132 e. The fourth-order valence-corrected chi connectivity index (χ4v) is 10.2. The predicted molar refractivity (Wildman–Crippen MR) is 230 cm³/mol. The highest BCUT2D eigenvalue weighted by atomic mass is 15.5. The van der Waals surface area contributed by atoms with Crippen LogP contribution in [0.3, 0.4) is 0 Å². The zero-order chi connectivity index (χ0) is 36.7. The van der Waals surface area contributed by atoms with Gasteiger partial charge in [-0.1, -0.05) is 146 Å². The molecule has 11 rings (SSSR count). The summed E-state index contributed by atoms with van der Waals surface area (Å²) >= 11 is 0. The van der Waals surface area contributed by atoms with Crippen molar-refractivity contribution in [2.24, 2.45) is 5.41 Å². The second-order valence-electron chi connectivity index (χ2n) is 15.8. The molecule has 2 saturated heterocycles. The Morgan fingerprint density at radius 2 is 1.36 bits per heavy atom. The van der Waals surface area contributed by atoms with E-state index >= 15 is 0 Å². The molecule has 4 heteroatoms. The van der Waals surface area contributed by atoms with Crippen molar-refractivity contribution >= 4 is 44.4 Å². The monoisotopic (exact) mass is 710 g/mol. The van der Waals surface area contributed by atoms with Crippen LogP contribution in [0.2, 0.25) is 0 Å². The van der Waals surface area contributed by atoms with E-state index in [1.807, 2.05) is 12.1 Å². The number of nitrogens with zero attached hydrogens (tertiary/aromatic N) is 3. The van der Waals surface area contributed by atoms with E-state index in [9.17, 15) is 0 Å². The molecule has 7 aromatic rings. The van der Waals surface area contributed by atoms with Crippen molar-refractivity contribution in [1.82, 2.24) is 4.57 Å². The van der Waals surface area contributed by atoms with E-state index in [1.165, 1.54) is 61.0 Å². The number of hydrogen-bond donors (Lipinski definition) is 1. The van der Waals surface area contributed by atoms with Crippen molar-refractivity contribution in [3.63, 3.8) is 0 Å². The van der Waals surface area contributed by atoms with Gasteiger partial charge in [-0.15, -0.1) is 0 Å². The van der Waals surface area contributed by atoms with Gasteiger partial charge < -0.3 is 20.1 Å². The Morgan fingerprint density at radius 3 is 2.13 bits per heavy atom. The van der Waals surface area contributed by atoms with Crippen molar-refractivity contribution < 1.29 is 0 Å². The molecule has 0 saturated carbocycles. The molecule has 1 spiro atoms. The topological polar surface area (TPSA) is 37.2 Å². The average Bonchev–Trinajstić information content (AvgIpc) is 3.88. The van der Waals surface area contributed by atoms with Crippen molar-refractivity contribution in [2.45, 2.75) is 37.5 Å². The van der Waals surface area contributed by atoms with Crippen LogP contribution >= 0.6 is 0 Å². The Balaban J connectivity index is 1.07. The number of nitrogen functional groups attached to an aromatic ring is 1. The first kappa shape index (κ1) is 32.0. The van der Waals surface area contributed by atoms with E-state index < -0.39 is 0 Å². The summed E-state index contributed by atoms with van der Waals surface area (Å²) in [6, 6.07) is 55.2. The van der Waals surface area contributed by atoms with Gasteiger partial charge in [-0.25, -0.2) is 0 Å². The van der Waals surface area contributed by atoms with Crippen LogP contribution in [0.1, 0.15) is 43.1 Å². The number of para-hydroxylation sites is 3. The normalized spacial score (nSPS) is 23.8. The van der Waals surface area contributed by atoms with E-state index in [-0.39, 0.29) is 23.2 Å². The number of hydrogen-bond acceptors (Lipinski definition) is 3. The Labute approximate surface area is 322 Å². The van der Waals surface area contributed by atoms with E-state index in [1.54, 1.807) is 0 Å². The lowest BCUT2D eigenvalue weighted by Gasteiger charge is -2.68. The number of nitrogens with two attached hydrogens (primary N) is 1. The van der Waals surface area contributed by atoms with Crippen molar-refractivity contribution in [3.05, 3.63) is 205 Å². The molecule has 4 nitrogen and oxygen atoms in total. The molecule has 266 valence electrons. The van der Waals surface area contributed by atoms with Crippen LogP contribution in [0.25, 0.3) is 38.5 Å². The van der Waals surface area contributed by atoms with E-state index in [2.05, 4.69) is 197 Å². The molecular weight excluding hydrogens is 669 g/mol. The van der Waals surface area contributed by atoms with Crippen LogP contribution < -0.4 is 15.5 Å². The highest BCUT2D eigenvalue weighted by Crippen LogP contribution is 2.65. The highest BCUT2D eigenvalue weighted by Gasteiger charge is 2.64. The van der Waals surface area contributed by atoms with E-state index in [0.29, 0.717) is 0 Å². The lowest BCUT2D eigenvalue weighted by atomic mass is 9.53. The van der Waals surface area contributed by atoms with Crippen LogP contribution in [0.4, 0.5) is 17.1 Å². The maximum Gasteiger partial charge on any atom is 0.132 e. The van der Waals surface area contributed by atoms with Gasteiger partial charge in [0.15, 0.2) is 0 Å². The molecule has 1 aromatic heterocycles. The van der Waals surface area contributed by atoms with E-state index in [4.69, 9.17) is 5.73 Å². The summed E-state index contributed by atoms with van der Waals surface area (Å²) in [5.74, 6) is 0. The lowest BCUT2D eigenvalue weighted by molar-refractivity contribution is 0.146. The van der Waals surface area contributed by atoms with Crippen LogP contribution in [-0.4, -0.2) is 10.1 Å². The number of fused-ring (bicyclic) bond motifs is 5. The van der Waals surface area contributed by atoms with Crippen LogP contribution in [0.15, 0.2) is 194 Å². The lowest BCUT2D eigenvalue weighted by Crippen LogP contribution is -2.71. The quantitative estimate of drug-likeness (QED) is 0.138. The fourth-order valence-electron chi connectivity index (χ4n) is 10.2. The molecule has 2 aliphatic heterocycles. The van der Waals surface area contributed by atoms with Gasteiger partial charge in [-0.2, -0.15) is 0 Å². The Morgan fingerprint density at radius 1 is 0.636 bits per heavy atom. The molecule has 0 radical (unpaired) electrons. The molecule has 3 heterocycles. The molecule has 4 atom stereocenters. The molecular formula is C51H42N4. The maximum atomic E-state index is 6.70. The largest absolute Gasteiger partial charge is 0.397 e. The minimum Gasteiger partial charge on any atom is -0.397 e. The molecule has 55 heavy (non-hydrogen) atoms. The summed E-state index contributed by atoms with van der Waals surface area (Å²) in [5, 5.41) is 2.55. The molecule has 2 N–H and O–H groups in total. The number of benzene rings is 6. The summed E-state index contributed by atoms with van der Waals surface area (Å²) in [6.45, 7) is 2.48. The van der Waals surface area contributed by atoms with Crippen LogP contribution in [0.5, 0.6) is 0 Å². The first-order valence-electron chi connectivity index (χ1n) is 19.5. The molecule has 2 fully saturated rings. The Hall–Kier alpha value is -6.52. The predicted octanol–water partition coefficient (Wildman–Crippen LogP) is 12.3. The Bertz CT molecular complexity index is 2760. The third kappa shape index (κ3) is 4.64. The van der Waals surface area contributed by atoms with Gasteiger partial charge >= 0.3 is 0 Å². The maximum absolute atomic E-state index is 6.70. The third-order valence-electron chi connectivity index (χ3n) is 12.9. The zero-order valence-electron chi connectivity index (χ0n) is 30.9. The molecule has 4 aliphatic rings. The highest BCUT2D eigenvalue weighted by molar-refractivity contribution is 6.10. The van der Waals surface area contributed by atoms with Gasteiger partial charge in [0, 0.05) is 27.6 Å². The van der Waals surface area contributed by atoms with Gasteiger partial charge in [0.1, 0.15) is 6.17 Å². The van der Waals surface area contributed by atoms with Gasteiger partial charge in [-0.05, 0) is 89.2 Å². The first-order valence-corrected chi connectivity index (χ1v) is 19.5. The Kier molecular flexibility index (Phi) is 6.97. The van der Waals surface area contributed by atoms with Crippen molar-refractivity contribution in [3.8, 4) is 11.1 Å². The van der Waals surface area contributed by atoms with Gasteiger partial charge in [0.2, 0.25) is 0 Å². The molecule has 0 bridgehead atoms. The van der Waals surface area contributed by atoms with Gasteiger partial charge in [0.05, 0.1) is 34.0 Å². The number of aromatic nitrogens is 1. The average molecular weight is 711 g/mol. The number of rotatable bonds is 6. The minimum absolute atomic E-state index is 0.0330. The van der Waals surface area contributed by atoms with Crippen molar-refractivity contribution in [2.75, 3.05) is 15.5 Å². The summed E-state index contributed by atoms with van der Waals surface area (Å²) in [7, 11) is 0. The fraction of sp³-hybridized carbons (Fsp3) is 0.137. The summed E-state index contributed by atoms with van der Waals surface area (Å²) in [6.07, 6.45) is 16.0. The van der Waals surface area contributed by atoms with Crippen LogP contribution in [-0.2, 0) is 0 Å². The third-order valence-corrected chi connectivity index (χ3v) is 12.9. The zero-order valence-corrected chi connectivity index (χ0v) is 30.9. The van der Waals surface area contributed by atoms with Gasteiger partial charge in [-0.3, -0.25) is 0 Å². The molecule has 2 aliphatic carbocycles. The number of allylic oxidation sites excluding steroid dienone is 5. The standard InChI is InChI=1S/C51H42N4/c1-50-34-39(26-29-47(50)55(40-20-10-4-11-21-40)51(50)30-14-5-15-31-51)37-25-28-44-42(32-37)41-27-24-38(35-16-6-2-7-17-35)33-46(41)53(44)49-48(36-18-8-3-9-19-36)54(49)45-23-13-12-22-43(45)52/h2-30,32-33,48-49H,31,34,52H2,1H3/t48-,49+,50?,51?,54?/m1/s1. The van der Waals surface area contributed by atoms with Crippen molar-refractivity contribution in [1.29, 1.82) is 0 Å².